The molecule has 246 valence electrons. The van der Waals surface area contributed by atoms with Gasteiger partial charge in [-0.25, -0.2) is 0 Å². The number of hydrogen-bond donors (Lipinski definition) is 1. The second-order valence-corrected chi connectivity index (χ2v) is 12.4. The lowest BCUT2D eigenvalue weighted by Crippen LogP contribution is -2.45. The molecule has 0 saturated heterocycles. The first-order valence-corrected chi connectivity index (χ1v) is 15.9. The molecule has 0 amide bonds. The van der Waals surface area contributed by atoms with E-state index in [2.05, 4.69) is 26.5 Å². The van der Waals surface area contributed by atoms with Crippen molar-refractivity contribution >= 4 is 5.97 Å². The van der Waals surface area contributed by atoms with Gasteiger partial charge in [-0.3, -0.25) is 4.79 Å². The Bertz CT molecular complexity index is 1250. The number of hydrogen-bond acceptors (Lipinski definition) is 7. The van der Waals surface area contributed by atoms with Crippen LogP contribution in [0.5, 0.6) is 11.5 Å². The molecule has 0 fully saturated rings. The van der Waals surface area contributed by atoms with E-state index in [-0.39, 0.29) is 41.8 Å². The Hall–Kier alpha value is -3.39. The summed E-state index contributed by atoms with van der Waals surface area (Å²) in [5.41, 5.74) is 3.09. The average molecular weight is 621 g/mol. The molecular formula is C38H52O7. The molecule has 1 N–H and O–H groups in total. The van der Waals surface area contributed by atoms with Crippen molar-refractivity contribution in [3.63, 3.8) is 0 Å². The van der Waals surface area contributed by atoms with Gasteiger partial charge in [-0.05, 0) is 48.7 Å². The van der Waals surface area contributed by atoms with E-state index in [9.17, 15) is 9.90 Å². The van der Waals surface area contributed by atoms with Crippen LogP contribution in [0.2, 0.25) is 0 Å². The summed E-state index contributed by atoms with van der Waals surface area (Å²) in [6.45, 7) is 15.2. The van der Waals surface area contributed by atoms with Gasteiger partial charge in [0.25, 0.3) is 0 Å². The largest absolute Gasteiger partial charge is 0.497 e. The zero-order valence-corrected chi connectivity index (χ0v) is 28.0. The first-order valence-electron chi connectivity index (χ1n) is 15.9. The van der Waals surface area contributed by atoms with Crippen molar-refractivity contribution in [2.75, 3.05) is 20.8 Å². The van der Waals surface area contributed by atoms with Gasteiger partial charge in [0.05, 0.1) is 52.2 Å². The Morgan fingerprint density at radius 1 is 0.978 bits per heavy atom. The molecule has 0 aliphatic carbocycles. The SMILES string of the molecule is C=C/C=C\[C@H](C)[C@H](OCc1ccc(OC)cc1)[C@@H](C)[C@@H](O)[C@H]1C/C(C)=C\[C@H](C)[C@H]([C@@H](C)COCc2ccc(OC)cc2)OC1=O. The molecule has 7 heteroatoms. The van der Waals surface area contributed by atoms with Crippen LogP contribution in [0.25, 0.3) is 0 Å². The molecule has 2 aromatic carbocycles. The van der Waals surface area contributed by atoms with Crippen LogP contribution in [-0.4, -0.2) is 50.2 Å². The monoisotopic (exact) mass is 620 g/mol. The van der Waals surface area contributed by atoms with Crippen LogP contribution in [0, 0.1) is 29.6 Å². The van der Waals surface area contributed by atoms with Gasteiger partial charge < -0.3 is 28.8 Å². The van der Waals surface area contributed by atoms with Crippen molar-refractivity contribution in [2.24, 2.45) is 29.6 Å². The van der Waals surface area contributed by atoms with E-state index >= 15 is 0 Å². The predicted molar refractivity (Wildman–Crippen MR) is 178 cm³/mol. The molecule has 1 aliphatic rings. The van der Waals surface area contributed by atoms with E-state index < -0.39 is 12.0 Å². The summed E-state index contributed by atoms with van der Waals surface area (Å²) < 4.78 is 29.1. The summed E-state index contributed by atoms with van der Waals surface area (Å²) in [7, 11) is 3.28. The smallest absolute Gasteiger partial charge is 0.312 e. The summed E-state index contributed by atoms with van der Waals surface area (Å²) in [6.07, 6.45) is 6.49. The normalized spacial score (nSPS) is 23.4. The van der Waals surface area contributed by atoms with Crippen molar-refractivity contribution in [2.45, 2.75) is 72.6 Å². The molecule has 45 heavy (non-hydrogen) atoms. The third-order valence-electron chi connectivity index (χ3n) is 8.67. The molecule has 0 unspecified atom stereocenters. The maximum atomic E-state index is 13.7. The number of carbonyl (C=O) groups excluding carboxylic acids is 1. The molecule has 1 heterocycles. The molecular weight excluding hydrogens is 568 g/mol. The first-order chi connectivity index (χ1) is 21.6. The van der Waals surface area contributed by atoms with Crippen LogP contribution in [0.1, 0.15) is 52.2 Å². The highest BCUT2D eigenvalue weighted by atomic mass is 16.5. The molecule has 0 radical (unpaired) electrons. The van der Waals surface area contributed by atoms with Crippen LogP contribution >= 0.6 is 0 Å². The second kappa shape index (κ2) is 17.9. The summed E-state index contributed by atoms with van der Waals surface area (Å²) in [5.74, 6) is 0.0243. The number of aliphatic hydroxyl groups excluding tert-OH is 1. The third-order valence-corrected chi connectivity index (χ3v) is 8.67. The highest BCUT2D eigenvalue weighted by Gasteiger charge is 2.40. The van der Waals surface area contributed by atoms with Gasteiger partial charge in [-0.15, -0.1) is 0 Å². The lowest BCUT2D eigenvalue weighted by atomic mass is 9.79. The van der Waals surface area contributed by atoms with Gasteiger partial charge in [0.15, 0.2) is 0 Å². The Morgan fingerprint density at radius 3 is 2.11 bits per heavy atom. The summed E-state index contributed by atoms with van der Waals surface area (Å²) in [5, 5.41) is 11.8. The van der Waals surface area contributed by atoms with Gasteiger partial charge in [-0.1, -0.05) is 88.4 Å². The van der Waals surface area contributed by atoms with E-state index in [1.165, 1.54) is 0 Å². The Labute approximate surface area is 269 Å². The third kappa shape index (κ3) is 10.6. The van der Waals surface area contributed by atoms with Crippen LogP contribution in [0.3, 0.4) is 0 Å². The minimum absolute atomic E-state index is 0.00805. The van der Waals surface area contributed by atoms with Gasteiger partial charge >= 0.3 is 5.97 Å². The van der Waals surface area contributed by atoms with Crippen LogP contribution < -0.4 is 9.47 Å². The summed E-state index contributed by atoms with van der Waals surface area (Å²) >= 11 is 0. The van der Waals surface area contributed by atoms with Gasteiger partial charge in [0.2, 0.25) is 0 Å². The fourth-order valence-corrected chi connectivity index (χ4v) is 6.07. The molecule has 0 aromatic heterocycles. The van der Waals surface area contributed by atoms with Crippen molar-refractivity contribution < 1.29 is 33.6 Å². The van der Waals surface area contributed by atoms with Crippen LogP contribution in [-0.2, 0) is 32.2 Å². The standard InChI is InChI=1S/C38H52O7/c1-9-10-11-26(3)37(44-24-31-14-18-33(42-8)19-15-31)29(6)35(39)34-21-25(2)20-27(4)36(45-38(34)40)28(5)22-43-23-30-12-16-32(41-7)17-13-30/h9-20,26-29,34-37,39H,1,21-24H2,2-8H3/b11-10-,25-20-/t26-,27-,28-,29-,34+,35+,36+,37-/m0/s1. The fourth-order valence-electron chi connectivity index (χ4n) is 6.07. The molecule has 1 aliphatic heterocycles. The first kappa shape index (κ1) is 36.1. The molecule has 8 atom stereocenters. The fraction of sp³-hybridized carbons (Fsp3) is 0.500. The molecule has 3 rings (SSSR count). The lowest BCUT2D eigenvalue weighted by molar-refractivity contribution is -0.168. The van der Waals surface area contributed by atoms with Gasteiger partial charge in [0, 0.05) is 23.7 Å². The zero-order valence-electron chi connectivity index (χ0n) is 28.0. The summed E-state index contributed by atoms with van der Waals surface area (Å²) in [4.78, 5) is 13.7. The van der Waals surface area contributed by atoms with Gasteiger partial charge in [0.1, 0.15) is 17.6 Å². The van der Waals surface area contributed by atoms with Crippen molar-refractivity contribution in [3.8, 4) is 11.5 Å². The van der Waals surface area contributed by atoms with E-state index in [1.54, 1.807) is 20.3 Å². The van der Waals surface area contributed by atoms with E-state index in [0.717, 1.165) is 28.2 Å². The predicted octanol–water partition coefficient (Wildman–Crippen LogP) is 7.33. The number of esters is 1. The maximum Gasteiger partial charge on any atom is 0.312 e. The summed E-state index contributed by atoms with van der Waals surface area (Å²) in [6, 6.07) is 15.5. The number of ether oxygens (including phenoxy) is 5. The minimum atomic E-state index is -0.975. The number of rotatable bonds is 16. The number of carbonyl (C=O) groups is 1. The van der Waals surface area contributed by atoms with Crippen molar-refractivity contribution in [3.05, 3.63) is 96.1 Å². The average Bonchev–Trinajstić information content (AvgIpc) is 3.04. The van der Waals surface area contributed by atoms with E-state index in [4.69, 9.17) is 23.7 Å². The Morgan fingerprint density at radius 2 is 1.56 bits per heavy atom. The number of allylic oxidation sites excluding steroid dienone is 3. The number of cyclic esters (lactones) is 1. The topological polar surface area (TPSA) is 83.5 Å². The number of aliphatic hydroxyl groups is 1. The Balaban J connectivity index is 1.71. The van der Waals surface area contributed by atoms with Crippen molar-refractivity contribution in [1.82, 2.24) is 0 Å². The van der Waals surface area contributed by atoms with E-state index in [1.807, 2.05) is 81.5 Å². The molecule has 0 spiro atoms. The molecule has 7 nitrogen and oxygen atoms in total. The molecule has 0 bridgehead atoms. The van der Waals surface area contributed by atoms with Gasteiger partial charge in [-0.2, -0.15) is 0 Å². The second-order valence-electron chi connectivity index (χ2n) is 12.4. The minimum Gasteiger partial charge on any atom is -0.497 e. The lowest BCUT2D eigenvalue weighted by Gasteiger charge is -2.37. The van der Waals surface area contributed by atoms with Crippen molar-refractivity contribution in [1.29, 1.82) is 0 Å². The van der Waals surface area contributed by atoms with Crippen LogP contribution in [0.15, 0.2) is 85.0 Å². The molecule has 2 aromatic rings. The highest BCUT2D eigenvalue weighted by Crippen LogP contribution is 2.33. The highest BCUT2D eigenvalue weighted by molar-refractivity contribution is 5.74. The Kier molecular flexibility index (Phi) is 14.4. The number of benzene rings is 2. The van der Waals surface area contributed by atoms with E-state index in [0.29, 0.717) is 26.2 Å². The quantitative estimate of drug-likeness (QED) is 0.120. The number of methoxy groups -OCH3 is 2. The zero-order chi connectivity index (χ0) is 32.9. The maximum absolute atomic E-state index is 13.7. The van der Waals surface area contributed by atoms with Crippen LogP contribution in [0.4, 0.5) is 0 Å². The molecule has 0 saturated carbocycles.